The van der Waals surface area contributed by atoms with E-state index >= 15 is 0 Å². The summed E-state index contributed by atoms with van der Waals surface area (Å²) in [6.07, 6.45) is 4.18. The predicted octanol–water partition coefficient (Wildman–Crippen LogP) is 2.36. The molecule has 168 valence electrons. The number of para-hydroxylation sites is 1. The van der Waals surface area contributed by atoms with E-state index in [1.54, 1.807) is 25.3 Å². The van der Waals surface area contributed by atoms with E-state index < -0.39 is 0 Å². The van der Waals surface area contributed by atoms with E-state index in [1.165, 1.54) is 12.4 Å². The predicted molar refractivity (Wildman–Crippen MR) is 123 cm³/mol. The van der Waals surface area contributed by atoms with E-state index in [1.807, 2.05) is 12.1 Å². The van der Waals surface area contributed by atoms with Gasteiger partial charge in [-0.2, -0.15) is 0 Å². The first-order chi connectivity index (χ1) is 15.6. The summed E-state index contributed by atoms with van der Waals surface area (Å²) in [5.41, 5.74) is 7.59. The van der Waals surface area contributed by atoms with Crippen LogP contribution in [0.2, 0.25) is 0 Å². The van der Waals surface area contributed by atoms with Crippen LogP contribution in [0.15, 0.2) is 42.7 Å². The Morgan fingerprint density at radius 2 is 2.16 bits per heavy atom. The van der Waals surface area contributed by atoms with Crippen molar-refractivity contribution < 1.29 is 14.6 Å². The second-order valence-electron chi connectivity index (χ2n) is 7.98. The first-order valence-electron chi connectivity index (χ1n) is 10.8. The normalized spacial score (nSPS) is 17.3. The molecule has 1 fully saturated rings. The van der Waals surface area contributed by atoms with Gasteiger partial charge in [0.15, 0.2) is 5.82 Å². The molecule has 3 heterocycles. The number of nitrogen functional groups attached to an aromatic ring is 1. The van der Waals surface area contributed by atoms with Crippen LogP contribution in [0, 0.1) is 5.92 Å². The summed E-state index contributed by atoms with van der Waals surface area (Å²) < 4.78 is 5.79. The lowest BCUT2D eigenvalue weighted by Crippen LogP contribution is -2.42. The van der Waals surface area contributed by atoms with Crippen LogP contribution in [0.25, 0.3) is 11.0 Å². The van der Waals surface area contributed by atoms with Crippen molar-refractivity contribution in [2.45, 2.75) is 25.4 Å². The van der Waals surface area contributed by atoms with Crippen molar-refractivity contribution in [1.29, 1.82) is 0 Å². The Kier molecular flexibility index (Phi) is 6.65. The Morgan fingerprint density at radius 3 is 2.97 bits per heavy atom. The average Bonchev–Trinajstić information content (AvgIpc) is 2.82. The number of carbonyl (C=O) groups is 1. The molecule has 1 aliphatic heterocycles. The molecule has 2 atom stereocenters. The van der Waals surface area contributed by atoms with Crippen molar-refractivity contribution >= 4 is 28.6 Å². The Bertz CT molecular complexity index is 1090. The topological polar surface area (TPSA) is 126 Å². The third-order valence-electron chi connectivity index (χ3n) is 5.97. The minimum atomic E-state index is -0.289. The van der Waals surface area contributed by atoms with Gasteiger partial charge in [0.2, 0.25) is 0 Å². The minimum Gasteiger partial charge on any atom is -0.507 e. The number of aromatic hydroxyl groups is 1. The number of benzene rings is 1. The molecule has 32 heavy (non-hydrogen) atoms. The maximum atomic E-state index is 12.3. The molecule has 0 radical (unpaired) electrons. The number of rotatable bonds is 7. The zero-order valence-electron chi connectivity index (χ0n) is 18.1. The van der Waals surface area contributed by atoms with E-state index in [-0.39, 0.29) is 23.3 Å². The van der Waals surface area contributed by atoms with Gasteiger partial charge in [0, 0.05) is 32.7 Å². The molecule has 0 spiro atoms. The lowest BCUT2D eigenvalue weighted by atomic mass is 9.90. The number of methoxy groups -OCH3 is 1. The van der Waals surface area contributed by atoms with Crippen molar-refractivity contribution in [2.75, 3.05) is 37.4 Å². The van der Waals surface area contributed by atoms with Crippen LogP contribution >= 0.6 is 0 Å². The average molecular weight is 437 g/mol. The summed E-state index contributed by atoms with van der Waals surface area (Å²) in [7, 11) is 1.71. The van der Waals surface area contributed by atoms with Crippen LogP contribution < -0.4 is 16.0 Å². The lowest BCUT2D eigenvalue weighted by molar-refractivity contribution is 0.0394. The number of hydrogen-bond donors (Lipinski definition) is 3. The minimum absolute atomic E-state index is 0.00340. The quantitative estimate of drug-likeness (QED) is 0.515. The fourth-order valence-corrected chi connectivity index (χ4v) is 4.28. The number of hydrogen-bond acceptors (Lipinski definition) is 8. The summed E-state index contributed by atoms with van der Waals surface area (Å²) in [5.74, 6) is 1.22. The summed E-state index contributed by atoms with van der Waals surface area (Å²) in [6.45, 7) is 2.17. The van der Waals surface area contributed by atoms with Crippen molar-refractivity contribution in [3.63, 3.8) is 0 Å². The third kappa shape index (κ3) is 4.72. The molecule has 4 N–H and O–H groups in total. The fourth-order valence-electron chi connectivity index (χ4n) is 4.28. The van der Waals surface area contributed by atoms with Crippen LogP contribution in [-0.4, -0.2) is 58.8 Å². The highest BCUT2D eigenvalue weighted by atomic mass is 16.5. The summed E-state index contributed by atoms with van der Waals surface area (Å²) in [6, 6.07) is 10.4. The lowest BCUT2D eigenvalue weighted by Gasteiger charge is -2.37. The van der Waals surface area contributed by atoms with Gasteiger partial charge in [-0.25, -0.2) is 15.0 Å². The number of carbonyl (C=O) groups excluding carboxylic acids is 1. The molecule has 4 rings (SSSR count). The fraction of sp³-hybridized carbons (Fsp3) is 0.391. The summed E-state index contributed by atoms with van der Waals surface area (Å²) in [5, 5.41) is 12.7. The van der Waals surface area contributed by atoms with Gasteiger partial charge in [0.1, 0.15) is 23.4 Å². The molecule has 9 nitrogen and oxygen atoms in total. The molecular weight excluding hydrogens is 408 g/mol. The second-order valence-corrected chi connectivity index (χ2v) is 7.98. The summed E-state index contributed by atoms with van der Waals surface area (Å²) >= 11 is 0. The van der Waals surface area contributed by atoms with Crippen LogP contribution in [0.1, 0.15) is 29.6 Å². The SMILES string of the molecule is COC(CCNC(=O)c1ccccc1O)[C@H]1CCCN(c2ccc3ncnc(N)c3n2)C1. The molecule has 0 bridgehead atoms. The number of pyridine rings is 1. The first-order valence-corrected chi connectivity index (χ1v) is 10.8. The molecule has 1 aromatic carbocycles. The van der Waals surface area contributed by atoms with Crippen molar-refractivity contribution in [3.05, 3.63) is 48.3 Å². The molecule has 1 amide bonds. The van der Waals surface area contributed by atoms with Gasteiger partial charge < -0.3 is 25.8 Å². The number of nitrogens with two attached hydrogens (primary N) is 1. The highest BCUT2D eigenvalue weighted by Crippen LogP contribution is 2.28. The highest BCUT2D eigenvalue weighted by molar-refractivity contribution is 5.96. The van der Waals surface area contributed by atoms with Crippen LogP contribution in [0.4, 0.5) is 11.6 Å². The maximum absolute atomic E-state index is 12.3. The van der Waals surface area contributed by atoms with Crippen molar-refractivity contribution in [3.8, 4) is 5.75 Å². The van der Waals surface area contributed by atoms with Gasteiger partial charge in [-0.3, -0.25) is 4.79 Å². The van der Waals surface area contributed by atoms with Crippen LogP contribution in [0.5, 0.6) is 5.75 Å². The first kappa shape index (κ1) is 21.8. The molecule has 1 saturated heterocycles. The zero-order chi connectivity index (χ0) is 22.5. The standard InChI is InChI=1S/C23H28N6O3/c1-32-19(10-11-25-23(31)16-6-2-3-7-18(16)30)15-5-4-12-29(13-15)20-9-8-17-21(28-20)22(24)27-14-26-17/h2-3,6-9,14-15,19,30H,4-5,10-13H2,1H3,(H,25,31)(H2,24,26,27)/t15-,19?/m0/s1. The smallest absolute Gasteiger partial charge is 0.255 e. The Hall–Kier alpha value is -3.46. The molecule has 1 aliphatic rings. The van der Waals surface area contributed by atoms with Gasteiger partial charge in [-0.1, -0.05) is 12.1 Å². The number of fused-ring (bicyclic) bond motifs is 1. The van der Waals surface area contributed by atoms with E-state index in [0.717, 1.165) is 37.3 Å². The highest BCUT2D eigenvalue weighted by Gasteiger charge is 2.28. The number of phenols is 1. The van der Waals surface area contributed by atoms with Crippen LogP contribution in [-0.2, 0) is 4.74 Å². The van der Waals surface area contributed by atoms with Crippen LogP contribution in [0.3, 0.4) is 0 Å². The molecular formula is C23H28N6O3. The van der Waals surface area contributed by atoms with E-state index in [4.69, 9.17) is 15.5 Å². The molecule has 0 saturated carbocycles. The number of ether oxygens (including phenoxy) is 1. The number of phenolic OH excluding ortho intramolecular Hbond substituents is 1. The zero-order valence-corrected chi connectivity index (χ0v) is 18.1. The summed E-state index contributed by atoms with van der Waals surface area (Å²) in [4.78, 5) is 27.5. The van der Waals surface area contributed by atoms with Crippen molar-refractivity contribution in [2.24, 2.45) is 5.92 Å². The Morgan fingerprint density at radius 1 is 1.31 bits per heavy atom. The number of nitrogens with zero attached hydrogens (tertiary/aromatic N) is 4. The Labute approximate surface area is 186 Å². The van der Waals surface area contributed by atoms with E-state index in [0.29, 0.717) is 30.2 Å². The molecule has 9 heteroatoms. The van der Waals surface area contributed by atoms with Gasteiger partial charge in [-0.05, 0) is 43.5 Å². The molecule has 3 aromatic rings. The van der Waals surface area contributed by atoms with E-state index in [2.05, 4.69) is 20.2 Å². The Balaban J connectivity index is 1.38. The third-order valence-corrected chi connectivity index (χ3v) is 5.97. The number of nitrogens with one attached hydrogen (secondary N) is 1. The maximum Gasteiger partial charge on any atom is 0.255 e. The largest absolute Gasteiger partial charge is 0.507 e. The molecule has 1 unspecified atom stereocenters. The number of amides is 1. The van der Waals surface area contributed by atoms with Gasteiger partial charge in [-0.15, -0.1) is 0 Å². The number of aromatic nitrogens is 3. The molecule has 0 aliphatic carbocycles. The molecule has 2 aromatic heterocycles. The van der Waals surface area contributed by atoms with Gasteiger partial charge in [0.25, 0.3) is 5.91 Å². The number of anilines is 2. The van der Waals surface area contributed by atoms with Gasteiger partial charge >= 0.3 is 0 Å². The van der Waals surface area contributed by atoms with E-state index in [9.17, 15) is 9.90 Å². The van der Waals surface area contributed by atoms with Gasteiger partial charge in [0.05, 0.1) is 17.2 Å². The van der Waals surface area contributed by atoms with Crippen molar-refractivity contribution in [1.82, 2.24) is 20.3 Å². The monoisotopic (exact) mass is 436 g/mol. The number of piperidine rings is 1. The second kappa shape index (κ2) is 9.78.